The number of amides is 2. The van der Waals surface area contributed by atoms with Gasteiger partial charge in [0.1, 0.15) is 10.0 Å². The van der Waals surface area contributed by atoms with Crippen molar-refractivity contribution in [3.05, 3.63) is 51.7 Å². The predicted octanol–water partition coefficient (Wildman–Crippen LogP) is 2.86. The highest BCUT2D eigenvalue weighted by atomic mass is 32.2. The molecule has 8 nitrogen and oxygen atoms in total. The fraction of sp³-hybridized carbons (Fsp3) is 0.300. The van der Waals surface area contributed by atoms with Gasteiger partial charge < -0.3 is 0 Å². The van der Waals surface area contributed by atoms with Gasteiger partial charge in [0.2, 0.25) is 10.0 Å². The highest BCUT2D eigenvalue weighted by Crippen LogP contribution is 2.32. The molecule has 0 N–H and O–H groups in total. The minimum Gasteiger partial charge on any atom is -0.293 e. The molecule has 1 aromatic heterocycles. The minimum absolute atomic E-state index is 0.150. The number of nitrogens with zero attached hydrogens (tertiary/aromatic N) is 4. The molecule has 0 aliphatic carbocycles. The molecule has 2 heterocycles. The van der Waals surface area contributed by atoms with E-state index in [2.05, 4.69) is 5.10 Å². The predicted molar refractivity (Wildman–Crippen MR) is 126 cm³/mol. The lowest BCUT2D eigenvalue weighted by molar-refractivity contribution is -0.121. The average Bonchev–Trinajstić information content (AvgIpc) is 3.10. The quantitative estimate of drug-likeness (QED) is 0.482. The van der Waals surface area contributed by atoms with E-state index in [1.165, 1.54) is 33.5 Å². The Balaban J connectivity index is 1.94. The number of aromatic nitrogens is 2. The summed E-state index contributed by atoms with van der Waals surface area (Å²) in [5.74, 6) is -0.825. The van der Waals surface area contributed by atoms with Crippen LogP contribution in [0.5, 0.6) is 0 Å². The number of anilines is 1. The molecule has 1 aliphatic rings. The van der Waals surface area contributed by atoms with Gasteiger partial charge in [-0.05, 0) is 44.5 Å². The Kier molecular flexibility index (Phi) is 6.40. The molecule has 1 aliphatic heterocycles. The number of hydrogen-bond acceptors (Lipinski definition) is 7. The van der Waals surface area contributed by atoms with Crippen molar-refractivity contribution in [3.63, 3.8) is 0 Å². The summed E-state index contributed by atoms with van der Waals surface area (Å²) >= 11 is 6.44. The van der Waals surface area contributed by atoms with Gasteiger partial charge in [-0.3, -0.25) is 19.2 Å². The van der Waals surface area contributed by atoms with Crippen molar-refractivity contribution < 1.29 is 18.0 Å². The van der Waals surface area contributed by atoms with Crippen LogP contribution in [0.15, 0.2) is 29.2 Å². The SMILES string of the molecule is CCN1C(=O)/C(=C\c2ccc(C(=O)N(c3c(C)nn(C)c3C)S(C)(=O)=O)cc2)SC1=S. The fourth-order valence-electron chi connectivity index (χ4n) is 3.24. The molecule has 164 valence electrons. The van der Waals surface area contributed by atoms with E-state index in [1.807, 2.05) is 6.92 Å². The van der Waals surface area contributed by atoms with Gasteiger partial charge in [0, 0.05) is 19.2 Å². The van der Waals surface area contributed by atoms with Gasteiger partial charge in [0.15, 0.2) is 0 Å². The molecule has 3 rings (SSSR count). The van der Waals surface area contributed by atoms with Crippen molar-refractivity contribution in [1.29, 1.82) is 0 Å². The summed E-state index contributed by atoms with van der Waals surface area (Å²) in [5, 5.41) is 4.22. The maximum Gasteiger partial charge on any atom is 0.272 e. The number of hydrogen-bond donors (Lipinski definition) is 0. The summed E-state index contributed by atoms with van der Waals surface area (Å²) in [6, 6.07) is 6.40. The van der Waals surface area contributed by atoms with Gasteiger partial charge in [-0.25, -0.2) is 8.42 Å². The molecule has 1 aromatic carbocycles. The van der Waals surface area contributed by atoms with Gasteiger partial charge in [0.05, 0.1) is 22.5 Å². The maximum atomic E-state index is 13.2. The van der Waals surface area contributed by atoms with Crippen LogP contribution in [0.2, 0.25) is 0 Å². The Labute approximate surface area is 191 Å². The van der Waals surface area contributed by atoms with Gasteiger partial charge in [0.25, 0.3) is 11.8 Å². The summed E-state index contributed by atoms with van der Waals surface area (Å²) in [4.78, 5) is 27.5. The number of sulfonamides is 1. The highest BCUT2D eigenvalue weighted by molar-refractivity contribution is 8.26. The molecule has 2 amide bonds. The van der Waals surface area contributed by atoms with Crippen molar-refractivity contribution in [1.82, 2.24) is 14.7 Å². The number of likely N-dealkylation sites (N-methyl/N-ethyl adjacent to an activating group) is 1. The monoisotopic (exact) mass is 478 g/mol. The number of carbonyl (C=O) groups is 2. The van der Waals surface area contributed by atoms with E-state index in [4.69, 9.17) is 12.2 Å². The Hall–Kier alpha value is -2.50. The zero-order valence-electron chi connectivity index (χ0n) is 17.7. The number of benzene rings is 1. The minimum atomic E-state index is -3.90. The summed E-state index contributed by atoms with van der Waals surface area (Å²) in [6.45, 7) is 5.72. The fourth-order valence-corrected chi connectivity index (χ4v) is 5.62. The number of thiocarbonyl (C=S) groups is 1. The molecule has 0 unspecified atom stereocenters. The van der Waals surface area contributed by atoms with Crippen LogP contribution in [-0.2, 0) is 21.9 Å². The van der Waals surface area contributed by atoms with Crippen LogP contribution in [-0.4, -0.2) is 52.0 Å². The van der Waals surface area contributed by atoms with Crippen LogP contribution in [0.1, 0.15) is 34.2 Å². The molecule has 0 radical (unpaired) electrons. The van der Waals surface area contributed by atoms with Gasteiger partial charge in [-0.15, -0.1) is 0 Å². The van der Waals surface area contributed by atoms with E-state index in [1.54, 1.807) is 39.1 Å². The lowest BCUT2D eigenvalue weighted by Gasteiger charge is -2.21. The maximum absolute atomic E-state index is 13.2. The molecule has 11 heteroatoms. The second-order valence-corrected chi connectivity index (χ2v) is 10.5. The molecule has 0 saturated carbocycles. The molecule has 31 heavy (non-hydrogen) atoms. The van der Waals surface area contributed by atoms with E-state index < -0.39 is 15.9 Å². The average molecular weight is 479 g/mol. The lowest BCUT2D eigenvalue weighted by atomic mass is 10.1. The summed E-state index contributed by atoms with van der Waals surface area (Å²) in [5.41, 5.74) is 2.15. The van der Waals surface area contributed by atoms with E-state index in [9.17, 15) is 18.0 Å². The third kappa shape index (κ3) is 4.43. The topological polar surface area (TPSA) is 92.6 Å². The third-order valence-corrected chi connectivity index (χ3v) is 7.22. The van der Waals surface area contributed by atoms with Crippen molar-refractivity contribution in [3.8, 4) is 0 Å². The number of thioether (sulfide) groups is 1. The van der Waals surface area contributed by atoms with Crippen molar-refractivity contribution in [2.45, 2.75) is 20.8 Å². The van der Waals surface area contributed by atoms with Crippen LogP contribution in [0, 0.1) is 13.8 Å². The first-order valence-electron chi connectivity index (χ1n) is 9.36. The smallest absolute Gasteiger partial charge is 0.272 e. The van der Waals surface area contributed by atoms with Gasteiger partial charge >= 0.3 is 0 Å². The molecule has 0 spiro atoms. The second kappa shape index (κ2) is 8.56. The van der Waals surface area contributed by atoms with E-state index in [0.29, 0.717) is 32.7 Å². The molecular formula is C20H22N4O4S3. The Morgan fingerprint density at radius 1 is 1.26 bits per heavy atom. The largest absolute Gasteiger partial charge is 0.293 e. The van der Waals surface area contributed by atoms with E-state index in [0.717, 1.165) is 10.6 Å². The molecule has 1 saturated heterocycles. The second-order valence-electron chi connectivity index (χ2n) is 7.02. The Bertz CT molecular complexity index is 1210. The summed E-state index contributed by atoms with van der Waals surface area (Å²) in [7, 11) is -2.21. The molecule has 1 fully saturated rings. The van der Waals surface area contributed by atoms with E-state index in [-0.39, 0.29) is 17.2 Å². The number of aryl methyl sites for hydroxylation is 2. The lowest BCUT2D eigenvalue weighted by Crippen LogP contribution is -2.37. The molecule has 0 atom stereocenters. The van der Waals surface area contributed by atoms with Crippen LogP contribution >= 0.6 is 24.0 Å². The number of carbonyl (C=O) groups excluding carboxylic acids is 2. The van der Waals surface area contributed by atoms with Crippen LogP contribution in [0.4, 0.5) is 5.69 Å². The molecule has 0 bridgehead atoms. The first-order chi connectivity index (χ1) is 14.5. The molecule has 2 aromatic rings. The normalized spacial score (nSPS) is 15.8. The van der Waals surface area contributed by atoms with Crippen LogP contribution in [0.25, 0.3) is 6.08 Å². The number of rotatable bonds is 5. The zero-order chi connectivity index (χ0) is 23.1. The zero-order valence-corrected chi connectivity index (χ0v) is 20.2. The first-order valence-corrected chi connectivity index (χ1v) is 12.4. The van der Waals surface area contributed by atoms with E-state index >= 15 is 0 Å². The Morgan fingerprint density at radius 3 is 2.32 bits per heavy atom. The van der Waals surface area contributed by atoms with Crippen molar-refractivity contribution in [2.75, 3.05) is 17.1 Å². The van der Waals surface area contributed by atoms with Crippen LogP contribution in [0.3, 0.4) is 0 Å². The third-order valence-electron chi connectivity index (χ3n) is 4.84. The van der Waals surface area contributed by atoms with Crippen molar-refractivity contribution >= 4 is 61.9 Å². The first kappa shape index (κ1) is 23.2. The summed E-state index contributed by atoms with van der Waals surface area (Å²) in [6.07, 6.45) is 2.69. The van der Waals surface area contributed by atoms with Gasteiger partial charge in [-0.1, -0.05) is 36.1 Å². The summed E-state index contributed by atoms with van der Waals surface area (Å²) < 4.78 is 27.8. The highest BCUT2D eigenvalue weighted by Gasteiger charge is 2.32. The Morgan fingerprint density at radius 2 is 1.87 bits per heavy atom. The molecular weight excluding hydrogens is 456 g/mol. The van der Waals surface area contributed by atoms with Gasteiger partial charge in [-0.2, -0.15) is 9.40 Å². The van der Waals surface area contributed by atoms with Crippen molar-refractivity contribution in [2.24, 2.45) is 7.05 Å². The standard InChI is InChI=1S/C20H22N4O4S3/c1-6-23-19(26)16(30-20(23)29)11-14-7-9-15(10-8-14)18(25)24(31(5,27)28)17-12(2)21-22(4)13(17)3/h7-11H,6H2,1-5H3/b16-11+. The van der Waals surface area contributed by atoms with Crippen LogP contribution < -0.4 is 4.31 Å².